The molecule has 1 heterocycles. The van der Waals surface area contributed by atoms with Gasteiger partial charge in [0.05, 0.1) is 6.04 Å². The van der Waals surface area contributed by atoms with Crippen molar-refractivity contribution >= 4 is 0 Å². The first kappa shape index (κ1) is 12.3. The van der Waals surface area contributed by atoms with Gasteiger partial charge in [0.15, 0.2) is 0 Å². The Kier molecular flexibility index (Phi) is 4.89. The van der Waals surface area contributed by atoms with Gasteiger partial charge in [-0.05, 0) is 37.9 Å². The molecule has 2 heteroatoms. The van der Waals surface area contributed by atoms with Crippen LogP contribution in [-0.2, 0) is 0 Å². The highest BCUT2D eigenvalue weighted by Gasteiger charge is 2.20. The van der Waals surface area contributed by atoms with Crippen LogP contribution >= 0.6 is 0 Å². The molecule has 0 amide bonds. The summed E-state index contributed by atoms with van der Waals surface area (Å²) in [6.45, 7) is 9.64. The predicted molar refractivity (Wildman–Crippen MR) is 63.9 cm³/mol. The maximum atomic E-state index is 5.70. The van der Waals surface area contributed by atoms with Crippen molar-refractivity contribution in [3.8, 4) is 0 Å². The second kappa shape index (κ2) is 5.96. The van der Waals surface area contributed by atoms with Gasteiger partial charge in [-0.3, -0.25) is 0 Å². The molecule has 1 aromatic heterocycles. The minimum absolute atomic E-state index is 0.364. The van der Waals surface area contributed by atoms with E-state index in [4.69, 9.17) is 4.42 Å². The molecule has 0 aliphatic rings. The summed E-state index contributed by atoms with van der Waals surface area (Å²) in [6.07, 6.45) is 2.46. The molecule has 15 heavy (non-hydrogen) atoms. The summed E-state index contributed by atoms with van der Waals surface area (Å²) in [7, 11) is 0. The third-order valence-electron chi connectivity index (χ3n) is 2.80. The van der Waals surface area contributed by atoms with Crippen molar-refractivity contribution in [2.24, 2.45) is 5.92 Å². The third-order valence-corrected chi connectivity index (χ3v) is 2.80. The summed E-state index contributed by atoms with van der Waals surface area (Å²) in [6, 6.07) is 4.50. The highest BCUT2D eigenvalue weighted by molar-refractivity contribution is 5.10. The molecular formula is C13H23NO. The zero-order valence-corrected chi connectivity index (χ0v) is 10.3. The number of nitrogens with one attached hydrogen (secondary N) is 1. The minimum atomic E-state index is 0.364. The molecule has 0 aliphatic heterocycles. The van der Waals surface area contributed by atoms with Crippen LogP contribution in [0.1, 0.15) is 51.2 Å². The van der Waals surface area contributed by atoms with Crippen LogP contribution < -0.4 is 5.32 Å². The molecule has 2 atom stereocenters. The Balaban J connectivity index is 2.72. The molecule has 0 radical (unpaired) electrons. The molecule has 86 valence electrons. The lowest BCUT2D eigenvalue weighted by Gasteiger charge is -2.22. The van der Waals surface area contributed by atoms with E-state index in [1.165, 1.54) is 12.8 Å². The zero-order valence-electron chi connectivity index (χ0n) is 10.3. The standard InChI is InChI=1S/C13H23NO/c1-5-7-10(3)13(14-6-2)12-9-8-11(4)15-12/h8-10,13-14H,5-7H2,1-4H3. The van der Waals surface area contributed by atoms with Crippen LogP contribution in [0.4, 0.5) is 0 Å². The fourth-order valence-corrected chi connectivity index (χ4v) is 2.04. The van der Waals surface area contributed by atoms with Gasteiger partial charge >= 0.3 is 0 Å². The lowest BCUT2D eigenvalue weighted by atomic mass is 9.95. The number of furan rings is 1. The summed E-state index contributed by atoms with van der Waals surface area (Å²) in [5.41, 5.74) is 0. The Labute approximate surface area is 93.1 Å². The van der Waals surface area contributed by atoms with Gasteiger partial charge in [0.1, 0.15) is 11.5 Å². The van der Waals surface area contributed by atoms with Crippen LogP contribution in [-0.4, -0.2) is 6.54 Å². The molecule has 1 rings (SSSR count). The number of hydrogen-bond acceptors (Lipinski definition) is 2. The molecule has 0 spiro atoms. The smallest absolute Gasteiger partial charge is 0.121 e. The van der Waals surface area contributed by atoms with Gasteiger partial charge in [-0.1, -0.05) is 27.2 Å². The molecule has 0 aromatic carbocycles. The molecule has 2 nitrogen and oxygen atoms in total. The summed E-state index contributed by atoms with van der Waals surface area (Å²) < 4.78 is 5.70. The molecule has 0 saturated carbocycles. The van der Waals surface area contributed by atoms with Crippen LogP contribution in [0.15, 0.2) is 16.5 Å². The number of aryl methyl sites for hydroxylation is 1. The van der Waals surface area contributed by atoms with E-state index in [1.54, 1.807) is 0 Å². The molecule has 2 unspecified atom stereocenters. The van der Waals surface area contributed by atoms with E-state index in [9.17, 15) is 0 Å². The zero-order chi connectivity index (χ0) is 11.3. The first-order valence-electron chi connectivity index (χ1n) is 5.98. The van der Waals surface area contributed by atoms with E-state index in [-0.39, 0.29) is 0 Å². The van der Waals surface area contributed by atoms with E-state index < -0.39 is 0 Å². The summed E-state index contributed by atoms with van der Waals surface area (Å²) >= 11 is 0. The largest absolute Gasteiger partial charge is 0.465 e. The van der Waals surface area contributed by atoms with E-state index in [0.717, 1.165) is 18.1 Å². The van der Waals surface area contributed by atoms with Crippen molar-refractivity contribution < 1.29 is 4.42 Å². The predicted octanol–water partition coefficient (Wildman–Crippen LogP) is 3.67. The summed E-state index contributed by atoms with van der Waals surface area (Å²) in [5.74, 6) is 2.70. The van der Waals surface area contributed by atoms with Crippen molar-refractivity contribution in [2.45, 2.75) is 46.6 Å². The van der Waals surface area contributed by atoms with E-state index >= 15 is 0 Å². The molecular weight excluding hydrogens is 186 g/mol. The van der Waals surface area contributed by atoms with Crippen LogP contribution in [0.2, 0.25) is 0 Å². The van der Waals surface area contributed by atoms with Crippen LogP contribution in [0.5, 0.6) is 0 Å². The van der Waals surface area contributed by atoms with Crippen molar-refractivity contribution in [3.05, 3.63) is 23.7 Å². The average Bonchev–Trinajstić information content (AvgIpc) is 2.61. The number of rotatable bonds is 6. The van der Waals surface area contributed by atoms with Crippen LogP contribution in [0.25, 0.3) is 0 Å². The van der Waals surface area contributed by atoms with Crippen molar-refractivity contribution in [2.75, 3.05) is 6.54 Å². The average molecular weight is 209 g/mol. The van der Waals surface area contributed by atoms with Crippen molar-refractivity contribution in [3.63, 3.8) is 0 Å². The lowest BCUT2D eigenvalue weighted by Crippen LogP contribution is -2.26. The topological polar surface area (TPSA) is 25.2 Å². The maximum Gasteiger partial charge on any atom is 0.121 e. The first-order valence-corrected chi connectivity index (χ1v) is 5.98. The first-order chi connectivity index (χ1) is 7.19. The fourth-order valence-electron chi connectivity index (χ4n) is 2.04. The van der Waals surface area contributed by atoms with E-state index in [0.29, 0.717) is 12.0 Å². The van der Waals surface area contributed by atoms with Crippen molar-refractivity contribution in [1.29, 1.82) is 0 Å². The van der Waals surface area contributed by atoms with Crippen molar-refractivity contribution in [1.82, 2.24) is 5.32 Å². The van der Waals surface area contributed by atoms with Gasteiger partial charge in [-0.15, -0.1) is 0 Å². The van der Waals surface area contributed by atoms with Gasteiger partial charge in [0.2, 0.25) is 0 Å². The Bertz CT molecular complexity index is 280. The molecule has 0 bridgehead atoms. The van der Waals surface area contributed by atoms with Gasteiger partial charge in [-0.25, -0.2) is 0 Å². The second-order valence-electron chi connectivity index (χ2n) is 4.25. The third kappa shape index (κ3) is 3.38. The molecule has 0 saturated heterocycles. The quantitative estimate of drug-likeness (QED) is 0.773. The molecule has 0 aliphatic carbocycles. The van der Waals surface area contributed by atoms with Gasteiger partial charge in [0, 0.05) is 0 Å². The van der Waals surface area contributed by atoms with Crippen LogP contribution in [0.3, 0.4) is 0 Å². The van der Waals surface area contributed by atoms with E-state index in [1.807, 2.05) is 13.0 Å². The molecule has 1 aromatic rings. The highest BCUT2D eigenvalue weighted by Crippen LogP contribution is 2.26. The maximum absolute atomic E-state index is 5.70. The van der Waals surface area contributed by atoms with Gasteiger partial charge in [-0.2, -0.15) is 0 Å². The Morgan fingerprint density at radius 1 is 1.33 bits per heavy atom. The molecule has 1 N–H and O–H groups in total. The van der Waals surface area contributed by atoms with Gasteiger partial charge in [0.25, 0.3) is 0 Å². The SMILES string of the molecule is CCCC(C)C(NCC)c1ccc(C)o1. The second-order valence-corrected chi connectivity index (χ2v) is 4.25. The van der Waals surface area contributed by atoms with E-state index in [2.05, 4.69) is 32.2 Å². The number of hydrogen-bond donors (Lipinski definition) is 1. The Hall–Kier alpha value is -0.760. The lowest BCUT2D eigenvalue weighted by molar-refractivity contribution is 0.310. The van der Waals surface area contributed by atoms with Crippen LogP contribution in [0, 0.1) is 12.8 Å². The summed E-state index contributed by atoms with van der Waals surface area (Å²) in [5, 5.41) is 3.50. The van der Waals surface area contributed by atoms with Gasteiger partial charge < -0.3 is 9.73 Å². The highest BCUT2D eigenvalue weighted by atomic mass is 16.3. The molecule has 0 fully saturated rings. The minimum Gasteiger partial charge on any atom is -0.465 e. The fraction of sp³-hybridized carbons (Fsp3) is 0.692. The normalized spacial score (nSPS) is 15.2. The summed E-state index contributed by atoms with van der Waals surface area (Å²) in [4.78, 5) is 0. The monoisotopic (exact) mass is 209 g/mol. The Morgan fingerprint density at radius 3 is 2.53 bits per heavy atom. The Morgan fingerprint density at radius 2 is 2.07 bits per heavy atom.